The Balaban J connectivity index is 1.48. The van der Waals surface area contributed by atoms with Crippen LogP contribution in [0.5, 0.6) is 0 Å². The van der Waals surface area contributed by atoms with Gasteiger partial charge in [0.15, 0.2) is 0 Å². The third kappa shape index (κ3) is 2.68. The molecule has 0 radical (unpaired) electrons. The zero-order valence-corrected chi connectivity index (χ0v) is 12.5. The largest absolute Gasteiger partial charge is 0.372 e. The zero-order valence-electron chi connectivity index (χ0n) is 12.5. The normalized spacial score (nSPS) is 18.2. The molecular formula is C19H22N2. The minimum absolute atomic E-state index is 1.05. The SMILES string of the molecule is c1ccc(CN2Cc3ccc(N4CCCC4)cc3C2)cc1. The fraction of sp³-hybridized carbons (Fsp3) is 0.368. The summed E-state index contributed by atoms with van der Waals surface area (Å²) in [6.45, 7) is 5.68. The smallest absolute Gasteiger partial charge is 0.0369 e. The first-order valence-corrected chi connectivity index (χ1v) is 8.01. The van der Waals surface area contributed by atoms with Gasteiger partial charge in [-0.3, -0.25) is 4.90 Å². The van der Waals surface area contributed by atoms with Crippen molar-refractivity contribution in [2.24, 2.45) is 0 Å². The highest BCUT2D eigenvalue weighted by Crippen LogP contribution is 2.29. The molecule has 0 bridgehead atoms. The van der Waals surface area contributed by atoms with E-state index in [1.165, 1.54) is 48.3 Å². The van der Waals surface area contributed by atoms with Gasteiger partial charge in [-0.05, 0) is 41.7 Å². The first-order valence-electron chi connectivity index (χ1n) is 8.01. The minimum atomic E-state index is 1.05. The molecule has 2 aromatic carbocycles. The highest BCUT2D eigenvalue weighted by Gasteiger charge is 2.21. The number of hydrogen-bond donors (Lipinski definition) is 0. The van der Waals surface area contributed by atoms with Crippen LogP contribution in [0.4, 0.5) is 5.69 Å². The van der Waals surface area contributed by atoms with Crippen LogP contribution in [0.2, 0.25) is 0 Å². The van der Waals surface area contributed by atoms with Crippen LogP contribution in [0.25, 0.3) is 0 Å². The Morgan fingerprint density at radius 3 is 2.38 bits per heavy atom. The summed E-state index contributed by atoms with van der Waals surface area (Å²) >= 11 is 0. The van der Waals surface area contributed by atoms with E-state index in [1.54, 1.807) is 0 Å². The molecule has 0 saturated carbocycles. The summed E-state index contributed by atoms with van der Waals surface area (Å²) < 4.78 is 0. The summed E-state index contributed by atoms with van der Waals surface area (Å²) in [5.74, 6) is 0. The second-order valence-corrected chi connectivity index (χ2v) is 6.28. The number of nitrogens with zero attached hydrogens (tertiary/aromatic N) is 2. The summed E-state index contributed by atoms with van der Waals surface area (Å²) in [5.41, 5.74) is 5.86. The van der Waals surface area contributed by atoms with Gasteiger partial charge in [0.25, 0.3) is 0 Å². The van der Waals surface area contributed by atoms with Crippen molar-refractivity contribution in [1.82, 2.24) is 4.90 Å². The van der Waals surface area contributed by atoms with Gasteiger partial charge in [-0.1, -0.05) is 36.4 Å². The van der Waals surface area contributed by atoms with E-state index in [4.69, 9.17) is 0 Å². The third-order valence-electron chi connectivity index (χ3n) is 4.70. The molecule has 0 amide bonds. The van der Waals surface area contributed by atoms with Gasteiger partial charge in [0.2, 0.25) is 0 Å². The van der Waals surface area contributed by atoms with E-state index in [0.29, 0.717) is 0 Å². The van der Waals surface area contributed by atoms with Crippen molar-refractivity contribution >= 4 is 5.69 Å². The third-order valence-corrected chi connectivity index (χ3v) is 4.70. The van der Waals surface area contributed by atoms with E-state index in [0.717, 1.165) is 19.6 Å². The van der Waals surface area contributed by atoms with E-state index in [2.05, 4.69) is 58.3 Å². The molecule has 1 saturated heterocycles. The summed E-state index contributed by atoms with van der Waals surface area (Å²) in [6.07, 6.45) is 2.69. The van der Waals surface area contributed by atoms with Crippen LogP contribution in [-0.4, -0.2) is 18.0 Å². The average Bonchev–Trinajstić information content (AvgIpc) is 3.16. The molecule has 0 aromatic heterocycles. The molecule has 1 fully saturated rings. The van der Waals surface area contributed by atoms with E-state index in [9.17, 15) is 0 Å². The Bertz CT molecular complexity index is 615. The Morgan fingerprint density at radius 1 is 0.810 bits per heavy atom. The quantitative estimate of drug-likeness (QED) is 0.842. The van der Waals surface area contributed by atoms with Gasteiger partial charge in [-0.2, -0.15) is 0 Å². The maximum atomic E-state index is 2.54. The predicted octanol–water partition coefficient (Wildman–Crippen LogP) is 3.80. The molecule has 2 heteroatoms. The molecule has 0 aliphatic carbocycles. The number of benzene rings is 2. The first kappa shape index (κ1) is 12.9. The molecule has 2 heterocycles. The highest BCUT2D eigenvalue weighted by atomic mass is 15.2. The number of rotatable bonds is 3. The lowest BCUT2D eigenvalue weighted by atomic mass is 10.1. The van der Waals surface area contributed by atoms with Crippen LogP contribution in [0.3, 0.4) is 0 Å². The van der Waals surface area contributed by atoms with Crippen molar-refractivity contribution in [2.45, 2.75) is 32.5 Å². The molecule has 0 unspecified atom stereocenters. The number of fused-ring (bicyclic) bond motifs is 1. The van der Waals surface area contributed by atoms with E-state index in [-0.39, 0.29) is 0 Å². The summed E-state index contributed by atoms with van der Waals surface area (Å²) in [4.78, 5) is 5.06. The minimum Gasteiger partial charge on any atom is -0.372 e. The number of anilines is 1. The lowest BCUT2D eigenvalue weighted by Gasteiger charge is -2.18. The van der Waals surface area contributed by atoms with Crippen molar-refractivity contribution in [3.05, 3.63) is 65.2 Å². The fourth-order valence-electron chi connectivity index (χ4n) is 3.58. The van der Waals surface area contributed by atoms with Crippen molar-refractivity contribution in [1.29, 1.82) is 0 Å². The van der Waals surface area contributed by atoms with Gasteiger partial charge in [0.05, 0.1) is 0 Å². The molecule has 2 aliphatic heterocycles. The molecule has 108 valence electrons. The molecule has 0 N–H and O–H groups in total. The van der Waals surface area contributed by atoms with Gasteiger partial charge in [-0.15, -0.1) is 0 Å². The maximum Gasteiger partial charge on any atom is 0.0369 e. The van der Waals surface area contributed by atoms with Crippen molar-refractivity contribution < 1.29 is 0 Å². The summed E-state index contributed by atoms with van der Waals surface area (Å²) in [7, 11) is 0. The van der Waals surface area contributed by atoms with Crippen molar-refractivity contribution in [3.8, 4) is 0 Å². The van der Waals surface area contributed by atoms with Crippen LogP contribution in [0.1, 0.15) is 29.5 Å². The van der Waals surface area contributed by atoms with E-state index >= 15 is 0 Å². The zero-order chi connectivity index (χ0) is 14.1. The molecule has 0 spiro atoms. The van der Waals surface area contributed by atoms with Gasteiger partial charge in [-0.25, -0.2) is 0 Å². The Kier molecular flexibility index (Phi) is 3.40. The van der Waals surface area contributed by atoms with Gasteiger partial charge < -0.3 is 4.90 Å². The van der Waals surface area contributed by atoms with E-state index in [1.807, 2.05) is 0 Å². The lowest BCUT2D eigenvalue weighted by molar-refractivity contribution is 0.275. The second kappa shape index (κ2) is 5.53. The summed E-state index contributed by atoms with van der Waals surface area (Å²) in [5, 5.41) is 0. The van der Waals surface area contributed by atoms with Crippen LogP contribution in [0, 0.1) is 0 Å². The van der Waals surface area contributed by atoms with Crippen LogP contribution >= 0.6 is 0 Å². The predicted molar refractivity (Wildman–Crippen MR) is 87.3 cm³/mol. The number of hydrogen-bond acceptors (Lipinski definition) is 2. The molecule has 21 heavy (non-hydrogen) atoms. The van der Waals surface area contributed by atoms with Crippen LogP contribution in [-0.2, 0) is 19.6 Å². The molecule has 0 atom stereocenters. The molecule has 2 aliphatic rings. The van der Waals surface area contributed by atoms with Gasteiger partial charge in [0.1, 0.15) is 0 Å². The monoisotopic (exact) mass is 278 g/mol. The second-order valence-electron chi connectivity index (χ2n) is 6.28. The van der Waals surface area contributed by atoms with Crippen molar-refractivity contribution in [2.75, 3.05) is 18.0 Å². The van der Waals surface area contributed by atoms with Crippen LogP contribution < -0.4 is 4.90 Å². The van der Waals surface area contributed by atoms with E-state index < -0.39 is 0 Å². The summed E-state index contributed by atoms with van der Waals surface area (Å²) in [6, 6.07) is 17.9. The lowest BCUT2D eigenvalue weighted by Crippen LogP contribution is -2.17. The Morgan fingerprint density at radius 2 is 1.57 bits per heavy atom. The average molecular weight is 278 g/mol. The Labute approximate surface area is 127 Å². The molecule has 2 aromatic rings. The fourth-order valence-corrected chi connectivity index (χ4v) is 3.58. The first-order chi connectivity index (χ1) is 10.4. The maximum absolute atomic E-state index is 2.54. The molecule has 4 rings (SSSR count). The Hall–Kier alpha value is -1.80. The van der Waals surface area contributed by atoms with Crippen molar-refractivity contribution in [3.63, 3.8) is 0 Å². The molecule has 2 nitrogen and oxygen atoms in total. The van der Waals surface area contributed by atoms with Gasteiger partial charge in [0, 0.05) is 38.4 Å². The topological polar surface area (TPSA) is 6.48 Å². The molecular weight excluding hydrogens is 256 g/mol. The standard InChI is InChI=1S/C19H22N2/c1-2-6-16(7-3-1)13-20-14-17-8-9-19(12-18(17)15-20)21-10-4-5-11-21/h1-3,6-9,12H,4-5,10-11,13-15H2. The highest BCUT2D eigenvalue weighted by molar-refractivity contribution is 5.52. The van der Waals surface area contributed by atoms with Crippen LogP contribution in [0.15, 0.2) is 48.5 Å². The van der Waals surface area contributed by atoms with Gasteiger partial charge >= 0.3 is 0 Å².